The summed E-state index contributed by atoms with van der Waals surface area (Å²) in [4.78, 5) is 13.4. The van der Waals surface area contributed by atoms with Gasteiger partial charge in [-0.2, -0.15) is 0 Å². The molecule has 0 aliphatic heterocycles. The van der Waals surface area contributed by atoms with Gasteiger partial charge in [-0.05, 0) is 23.6 Å². The zero-order valence-corrected chi connectivity index (χ0v) is 14.0. The van der Waals surface area contributed by atoms with Gasteiger partial charge in [0.05, 0.1) is 4.53 Å². The second-order valence-electron chi connectivity index (χ2n) is 5.52. The first-order valence-electron chi connectivity index (χ1n) is 7.80. The fraction of sp³-hybridized carbons (Fsp3) is 0.105. The molecule has 4 rings (SSSR count). The van der Waals surface area contributed by atoms with Crippen molar-refractivity contribution in [1.29, 1.82) is 0 Å². The van der Waals surface area contributed by atoms with Gasteiger partial charge in [-0.25, -0.2) is 4.40 Å². The van der Waals surface area contributed by atoms with E-state index in [1.54, 1.807) is 4.40 Å². The Morgan fingerprint density at radius 3 is 2.50 bits per heavy atom. The summed E-state index contributed by atoms with van der Waals surface area (Å²) in [5.74, 6) is 0.591. The first-order chi connectivity index (χ1) is 11.8. The quantitative estimate of drug-likeness (QED) is 0.579. The third-order valence-electron chi connectivity index (χ3n) is 3.97. The van der Waals surface area contributed by atoms with E-state index in [9.17, 15) is 4.79 Å². The molecule has 0 amide bonds. The Bertz CT molecular complexity index is 1100. The van der Waals surface area contributed by atoms with Gasteiger partial charge < -0.3 is 0 Å². The topological polar surface area (TPSA) is 47.3 Å². The summed E-state index contributed by atoms with van der Waals surface area (Å²) >= 11 is 1.37. The third-order valence-corrected chi connectivity index (χ3v) is 4.93. The maximum atomic E-state index is 12.8. The van der Waals surface area contributed by atoms with Crippen LogP contribution in [0.15, 0.2) is 59.4 Å². The van der Waals surface area contributed by atoms with Gasteiger partial charge in [0.1, 0.15) is 0 Å². The Morgan fingerprint density at radius 2 is 1.79 bits per heavy atom. The minimum atomic E-state index is -0.0709. The van der Waals surface area contributed by atoms with Gasteiger partial charge in [-0.15, -0.1) is 10.2 Å². The van der Waals surface area contributed by atoms with E-state index in [0.29, 0.717) is 15.3 Å². The fourth-order valence-electron chi connectivity index (χ4n) is 2.64. The average Bonchev–Trinajstić information content (AvgIpc) is 3.17. The lowest BCUT2D eigenvalue weighted by Gasteiger charge is -1.96. The molecule has 2 aromatic carbocycles. The highest BCUT2D eigenvalue weighted by molar-refractivity contribution is 7.15. The smallest absolute Gasteiger partial charge is 0.267 e. The van der Waals surface area contributed by atoms with E-state index < -0.39 is 0 Å². The summed E-state index contributed by atoms with van der Waals surface area (Å²) in [5, 5.41) is 8.32. The second kappa shape index (κ2) is 6.02. The van der Waals surface area contributed by atoms with E-state index >= 15 is 0 Å². The number of fused-ring (bicyclic) bond motifs is 1. The number of benzene rings is 2. The van der Waals surface area contributed by atoms with Crippen LogP contribution in [0.4, 0.5) is 0 Å². The van der Waals surface area contributed by atoms with Gasteiger partial charge in [0, 0.05) is 5.56 Å². The van der Waals surface area contributed by atoms with Crippen LogP contribution in [0.1, 0.15) is 18.1 Å². The molecular formula is C19H15N3OS. The highest BCUT2D eigenvalue weighted by atomic mass is 32.1. The van der Waals surface area contributed by atoms with Crippen molar-refractivity contribution < 1.29 is 0 Å². The Labute approximate surface area is 142 Å². The molecule has 0 aliphatic rings. The maximum Gasteiger partial charge on any atom is 0.276 e. The van der Waals surface area contributed by atoms with Crippen molar-refractivity contribution in [1.82, 2.24) is 14.6 Å². The molecule has 4 nitrogen and oxygen atoms in total. The van der Waals surface area contributed by atoms with E-state index in [-0.39, 0.29) is 5.56 Å². The van der Waals surface area contributed by atoms with Gasteiger partial charge in [0.25, 0.3) is 5.56 Å². The van der Waals surface area contributed by atoms with E-state index in [2.05, 4.69) is 29.3 Å². The number of aromatic nitrogens is 3. The molecular weight excluding hydrogens is 318 g/mol. The number of thiazole rings is 1. The van der Waals surface area contributed by atoms with Crippen molar-refractivity contribution in [3.8, 4) is 11.4 Å². The normalized spacial score (nSPS) is 12.1. The highest BCUT2D eigenvalue weighted by Gasteiger charge is 2.13. The van der Waals surface area contributed by atoms with Crippen molar-refractivity contribution >= 4 is 22.4 Å². The molecule has 0 bridgehead atoms. The number of rotatable bonds is 3. The minimum absolute atomic E-state index is 0.0709. The summed E-state index contributed by atoms with van der Waals surface area (Å²) < 4.78 is 2.26. The number of aryl methyl sites for hydroxylation is 1. The van der Waals surface area contributed by atoms with Gasteiger partial charge in [-0.3, -0.25) is 4.79 Å². The zero-order chi connectivity index (χ0) is 16.5. The molecule has 0 saturated carbocycles. The molecule has 4 aromatic rings. The molecule has 0 fully saturated rings. The summed E-state index contributed by atoms with van der Waals surface area (Å²) in [6, 6.07) is 17.9. The second-order valence-corrected chi connectivity index (χ2v) is 6.53. The third kappa shape index (κ3) is 2.53. The van der Waals surface area contributed by atoms with Crippen molar-refractivity contribution in [3.63, 3.8) is 0 Å². The van der Waals surface area contributed by atoms with Crippen LogP contribution in [-0.2, 0) is 6.42 Å². The zero-order valence-electron chi connectivity index (χ0n) is 13.1. The number of hydrogen-bond acceptors (Lipinski definition) is 4. The molecule has 2 heterocycles. The molecule has 0 radical (unpaired) electrons. The van der Waals surface area contributed by atoms with Crippen molar-refractivity contribution in [2.24, 2.45) is 0 Å². The number of nitrogens with zero attached hydrogens (tertiary/aromatic N) is 3. The average molecular weight is 333 g/mol. The summed E-state index contributed by atoms with van der Waals surface area (Å²) in [7, 11) is 0. The van der Waals surface area contributed by atoms with Crippen molar-refractivity contribution in [2.45, 2.75) is 13.3 Å². The Kier molecular flexibility index (Phi) is 3.70. The molecule has 0 atom stereocenters. The summed E-state index contributed by atoms with van der Waals surface area (Å²) in [6.45, 7) is 2.13. The molecule has 0 saturated heterocycles. The van der Waals surface area contributed by atoms with Crippen LogP contribution < -0.4 is 10.1 Å². The van der Waals surface area contributed by atoms with Crippen LogP contribution in [0.5, 0.6) is 0 Å². The minimum Gasteiger partial charge on any atom is -0.267 e. The fourth-order valence-corrected chi connectivity index (χ4v) is 3.55. The van der Waals surface area contributed by atoms with Crippen molar-refractivity contribution in [2.75, 3.05) is 0 Å². The first kappa shape index (κ1) is 14.8. The molecule has 0 spiro atoms. The standard InChI is InChI=1S/C19H15N3OS/c1-2-13-8-10-14(11-9-13)12-16-18(23)22-17(20-21-19(22)24-16)15-6-4-3-5-7-15/h3-12H,2H2,1H3. The van der Waals surface area contributed by atoms with Gasteiger partial charge in [-0.1, -0.05) is 72.9 Å². The Hall–Kier alpha value is -2.79. The van der Waals surface area contributed by atoms with E-state index in [1.165, 1.54) is 16.9 Å². The summed E-state index contributed by atoms with van der Waals surface area (Å²) in [6.07, 6.45) is 2.92. The molecule has 2 aromatic heterocycles. The van der Waals surface area contributed by atoms with Crippen LogP contribution in [0.2, 0.25) is 0 Å². The van der Waals surface area contributed by atoms with Gasteiger partial charge in [0.15, 0.2) is 5.82 Å². The predicted molar refractivity (Wildman–Crippen MR) is 97.2 cm³/mol. The molecule has 118 valence electrons. The maximum absolute atomic E-state index is 12.8. The molecule has 0 aliphatic carbocycles. The van der Waals surface area contributed by atoms with Crippen LogP contribution in [-0.4, -0.2) is 14.6 Å². The first-order valence-corrected chi connectivity index (χ1v) is 8.62. The SMILES string of the molecule is CCc1ccc(C=c2sc3nnc(-c4ccccc4)n3c2=O)cc1. The highest BCUT2D eigenvalue weighted by Crippen LogP contribution is 2.17. The van der Waals surface area contributed by atoms with Gasteiger partial charge in [0.2, 0.25) is 4.96 Å². The van der Waals surface area contributed by atoms with E-state index in [0.717, 1.165) is 17.5 Å². The lowest BCUT2D eigenvalue weighted by Crippen LogP contribution is -2.23. The molecule has 0 unspecified atom stereocenters. The van der Waals surface area contributed by atoms with Crippen LogP contribution in [0.25, 0.3) is 22.4 Å². The van der Waals surface area contributed by atoms with Crippen LogP contribution in [0, 0.1) is 0 Å². The monoisotopic (exact) mass is 333 g/mol. The predicted octanol–water partition coefficient (Wildman–Crippen LogP) is 2.93. The van der Waals surface area contributed by atoms with Crippen molar-refractivity contribution in [3.05, 3.63) is 80.6 Å². The lowest BCUT2D eigenvalue weighted by atomic mass is 10.1. The van der Waals surface area contributed by atoms with Crippen LogP contribution >= 0.6 is 11.3 Å². The lowest BCUT2D eigenvalue weighted by molar-refractivity contribution is 1.09. The van der Waals surface area contributed by atoms with E-state index in [4.69, 9.17) is 0 Å². The number of hydrogen-bond donors (Lipinski definition) is 0. The van der Waals surface area contributed by atoms with E-state index in [1.807, 2.05) is 48.5 Å². The Balaban J connectivity index is 1.86. The molecule has 0 N–H and O–H groups in total. The van der Waals surface area contributed by atoms with Crippen LogP contribution in [0.3, 0.4) is 0 Å². The summed E-state index contributed by atoms with van der Waals surface area (Å²) in [5.41, 5.74) is 3.12. The molecule has 24 heavy (non-hydrogen) atoms. The molecule has 5 heteroatoms. The Morgan fingerprint density at radius 1 is 1.04 bits per heavy atom. The van der Waals surface area contributed by atoms with Gasteiger partial charge >= 0.3 is 0 Å². The largest absolute Gasteiger partial charge is 0.276 e.